The second kappa shape index (κ2) is 7.66. The second-order valence-corrected chi connectivity index (χ2v) is 7.54. The van der Waals surface area contributed by atoms with Crippen LogP contribution in [0.25, 0.3) is 0 Å². The molecule has 0 N–H and O–H groups in total. The highest BCUT2D eigenvalue weighted by molar-refractivity contribution is 5.79. The van der Waals surface area contributed by atoms with Crippen molar-refractivity contribution < 1.29 is 13.7 Å². The van der Waals surface area contributed by atoms with Gasteiger partial charge in [-0.1, -0.05) is 5.16 Å². The lowest BCUT2D eigenvalue weighted by atomic mass is 9.91. The van der Waals surface area contributed by atoms with Crippen molar-refractivity contribution >= 4 is 5.91 Å². The molecule has 1 atom stereocenters. The van der Waals surface area contributed by atoms with Crippen LogP contribution in [0.3, 0.4) is 0 Å². The van der Waals surface area contributed by atoms with Gasteiger partial charge in [0, 0.05) is 18.5 Å². The summed E-state index contributed by atoms with van der Waals surface area (Å²) in [6, 6.07) is 5.99. The fraction of sp³-hybridized carbons (Fsp3) is 0.600. The van der Waals surface area contributed by atoms with Crippen molar-refractivity contribution in [1.29, 1.82) is 0 Å². The van der Waals surface area contributed by atoms with Crippen molar-refractivity contribution in [3.8, 4) is 0 Å². The average molecular weight is 357 g/mol. The normalized spacial score (nSPS) is 22.7. The second-order valence-electron chi connectivity index (χ2n) is 7.54. The summed E-state index contributed by atoms with van der Waals surface area (Å²) in [4.78, 5) is 17.6. The maximum atomic E-state index is 13.2. The Bertz CT molecular complexity index is 717. The van der Waals surface area contributed by atoms with Crippen molar-refractivity contribution in [2.45, 2.75) is 51.6 Å². The van der Waals surface area contributed by atoms with E-state index in [0.29, 0.717) is 5.91 Å². The zero-order valence-electron chi connectivity index (χ0n) is 15.4. The highest BCUT2D eigenvalue weighted by Crippen LogP contribution is 2.33. The lowest BCUT2D eigenvalue weighted by Crippen LogP contribution is -2.45. The lowest BCUT2D eigenvalue weighted by molar-refractivity contribution is -0.141. The molecule has 1 amide bonds. The van der Waals surface area contributed by atoms with Gasteiger partial charge in [0.25, 0.3) is 0 Å². The van der Waals surface area contributed by atoms with Gasteiger partial charge in [0.15, 0.2) is 0 Å². The number of hydrogen-bond acceptors (Lipinski definition) is 5. The number of hydrogen-bond donors (Lipinski definition) is 0. The van der Waals surface area contributed by atoms with Gasteiger partial charge < -0.3 is 13.8 Å². The standard InChI is InChI=1S/C20H27N3O3/c1-15-13-18(21-26-15)19-6-2-3-9-23(19)20(24)16-7-10-22(11-8-16)14-17-5-4-12-25-17/h4-5,12-13,16,19H,2-3,6-11,14H2,1H3. The summed E-state index contributed by atoms with van der Waals surface area (Å²) < 4.78 is 10.7. The Morgan fingerprint density at radius 2 is 2.08 bits per heavy atom. The van der Waals surface area contributed by atoms with Crippen LogP contribution in [0.1, 0.15) is 55.4 Å². The van der Waals surface area contributed by atoms with Crippen molar-refractivity contribution in [1.82, 2.24) is 15.0 Å². The molecule has 2 fully saturated rings. The van der Waals surface area contributed by atoms with E-state index in [-0.39, 0.29) is 12.0 Å². The van der Waals surface area contributed by atoms with Gasteiger partial charge in [-0.2, -0.15) is 0 Å². The van der Waals surface area contributed by atoms with Crippen LogP contribution in [-0.4, -0.2) is 40.5 Å². The smallest absolute Gasteiger partial charge is 0.226 e. The topological polar surface area (TPSA) is 62.7 Å². The van der Waals surface area contributed by atoms with E-state index in [4.69, 9.17) is 8.94 Å². The maximum Gasteiger partial charge on any atom is 0.226 e. The summed E-state index contributed by atoms with van der Waals surface area (Å²) in [5.41, 5.74) is 0.908. The molecule has 2 saturated heterocycles. The van der Waals surface area contributed by atoms with Gasteiger partial charge in [0.2, 0.25) is 5.91 Å². The molecule has 140 valence electrons. The van der Waals surface area contributed by atoms with E-state index in [1.54, 1.807) is 6.26 Å². The van der Waals surface area contributed by atoms with Gasteiger partial charge in [0.1, 0.15) is 17.2 Å². The fourth-order valence-electron chi connectivity index (χ4n) is 4.24. The van der Waals surface area contributed by atoms with Gasteiger partial charge >= 0.3 is 0 Å². The van der Waals surface area contributed by atoms with Crippen molar-refractivity contribution in [2.24, 2.45) is 5.92 Å². The SMILES string of the molecule is Cc1cc(C2CCCCN2C(=O)C2CCN(Cc3ccco3)CC2)no1. The van der Waals surface area contributed by atoms with Crippen LogP contribution >= 0.6 is 0 Å². The van der Waals surface area contributed by atoms with Crippen molar-refractivity contribution in [3.05, 3.63) is 41.7 Å². The van der Waals surface area contributed by atoms with E-state index in [9.17, 15) is 4.79 Å². The molecule has 0 aromatic carbocycles. The molecule has 4 rings (SSSR count). The number of rotatable bonds is 4. The Balaban J connectivity index is 1.37. The van der Waals surface area contributed by atoms with E-state index in [1.165, 1.54) is 0 Å². The number of nitrogens with zero attached hydrogens (tertiary/aromatic N) is 3. The molecule has 2 aromatic rings. The number of aromatic nitrogens is 1. The molecule has 0 radical (unpaired) electrons. The predicted octanol–water partition coefficient (Wildman–Crippen LogP) is 3.54. The molecule has 2 aromatic heterocycles. The fourth-order valence-corrected chi connectivity index (χ4v) is 4.24. The minimum atomic E-state index is 0.0786. The number of aryl methyl sites for hydroxylation is 1. The molecule has 0 spiro atoms. The third kappa shape index (κ3) is 3.70. The first kappa shape index (κ1) is 17.3. The first-order valence-electron chi connectivity index (χ1n) is 9.69. The Hall–Kier alpha value is -2.08. The van der Waals surface area contributed by atoms with Crippen molar-refractivity contribution in [3.63, 3.8) is 0 Å². The van der Waals surface area contributed by atoms with Gasteiger partial charge in [-0.15, -0.1) is 0 Å². The number of carbonyl (C=O) groups is 1. The predicted molar refractivity (Wildman–Crippen MR) is 96.3 cm³/mol. The van der Waals surface area contributed by atoms with Gasteiger partial charge in [-0.25, -0.2) is 0 Å². The quantitative estimate of drug-likeness (QED) is 0.837. The zero-order chi connectivity index (χ0) is 17.9. The summed E-state index contributed by atoms with van der Waals surface area (Å²) in [5.74, 6) is 2.22. The molecule has 4 heterocycles. The average Bonchev–Trinajstić information content (AvgIpc) is 3.33. The van der Waals surface area contributed by atoms with Crippen LogP contribution in [0.5, 0.6) is 0 Å². The maximum absolute atomic E-state index is 13.2. The van der Waals surface area contributed by atoms with Crippen LogP contribution < -0.4 is 0 Å². The van der Waals surface area contributed by atoms with Crippen LogP contribution in [-0.2, 0) is 11.3 Å². The van der Waals surface area contributed by atoms with Gasteiger partial charge in [-0.3, -0.25) is 9.69 Å². The minimum absolute atomic E-state index is 0.0786. The Labute approximate surface area is 154 Å². The molecule has 0 aliphatic carbocycles. The molecule has 26 heavy (non-hydrogen) atoms. The monoisotopic (exact) mass is 357 g/mol. The third-order valence-corrected chi connectivity index (χ3v) is 5.67. The number of piperidine rings is 2. The van der Waals surface area contributed by atoms with E-state index in [0.717, 1.165) is 75.5 Å². The molecular formula is C20H27N3O3. The summed E-state index contributed by atoms with van der Waals surface area (Å²) in [5, 5.41) is 4.18. The Morgan fingerprint density at radius 1 is 1.23 bits per heavy atom. The highest BCUT2D eigenvalue weighted by Gasteiger charge is 2.35. The number of carbonyl (C=O) groups excluding carboxylic acids is 1. The molecule has 0 bridgehead atoms. The van der Waals surface area contributed by atoms with Crippen LogP contribution in [0, 0.1) is 12.8 Å². The Morgan fingerprint density at radius 3 is 2.77 bits per heavy atom. The molecule has 0 saturated carbocycles. The number of likely N-dealkylation sites (tertiary alicyclic amines) is 2. The van der Waals surface area contributed by atoms with E-state index < -0.39 is 0 Å². The Kier molecular flexibility index (Phi) is 5.11. The molecule has 6 heteroatoms. The summed E-state index contributed by atoms with van der Waals surface area (Å²) in [7, 11) is 0. The molecule has 1 unspecified atom stereocenters. The van der Waals surface area contributed by atoms with Gasteiger partial charge in [-0.05, 0) is 64.3 Å². The number of amides is 1. The highest BCUT2D eigenvalue weighted by atomic mass is 16.5. The van der Waals surface area contributed by atoms with Crippen LogP contribution in [0.4, 0.5) is 0 Å². The first-order chi connectivity index (χ1) is 12.7. The van der Waals surface area contributed by atoms with Crippen LogP contribution in [0.15, 0.2) is 33.4 Å². The van der Waals surface area contributed by atoms with E-state index >= 15 is 0 Å². The van der Waals surface area contributed by atoms with E-state index in [1.807, 2.05) is 25.1 Å². The summed E-state index contributed by atoms with van der Waals surface area (Å²) in [6.45, 7) is 5.46. The third-order valence-electron chi connectivity index (χ3n) is 5.67. The largest absolute Gasteiger partial charge is 0.468 e. The van der Waals surface area contributed by atoms with E-state index in [2.05, 4.69) is 15.0 Å². The molecule has 2 aliphatic heterocycles. The first-order valence-corrected chi connectivity index (χ1v) is 9.69. The minimum Gasteiger partial charge on any atom is -0.468 e. The molecular weight excluding hydrogens is 330 g/mol. The summed E-state index contributed by atoms with van der Waals surface area (Å²) in [6.07, 6.45) is 6.75. The van der Waals surface area contributed by atoms with Crippen molar-refractivity contribution in [2.75, 3.05) is 19.6 Å². The number of furan rings is 1. The molecule has 2 aliphatic rings. The van der Waals surface area contributed by atoms with Crippen LogP contribution in [0.2, 0.25) is 0 Å². The molecule has 6 nitrogen and oxygen atoms in total. The summed E-state index contributed by atoms with van der Waals surface area (Å²) >= 11 is 0. The lowest BCUT2D eigenvalue weighted by Gasteiger charge is -2.39. The zero-order valence-corrected chi connectivity index (χ0v) is 15.4. The van der Waals surface area contributed by atoms with Gasteiger partial charge in [0.05, 0.1) is 18.8 Å².